The maximum absolute atomic E-state index is 11.7. The quantitative estimate of drug-likeness (QED) is 0.561. The number of aromatic amines is 1. The zero-order valence-electron chi connectivity index (χ0n) is 7.92. The fourth-order valence-corrected chi connectivity index (χ4v) is 2.12. The Morgan fingerprint density at radius 1 is 1.57 bits per heavy atom. The first kappa shape index (κ1) is 7.73. The predicted molar refractivity (Wildman–Crippen MR) is 54.2 cm³/mol. The summed E-state index contributed by atoms with van der Waals surface area (Å²) in [7, 11) is 1.94. The van der Waals surface area contributed by atoms with Gasteiger partial charge in [0.05, 0.1) is 5.69 Å². The molecular formula is C9H12N4O. The van der Waals surface area contributed by atoms with E-state index in [4.69, 9.17) is 5.73 Å². The molecule has 1 aromatic rings. The van der Waals surface area contributed by atoms with Crippen LogP contribution in [0.3, 0.4) is 0 Å². The van der Waals surface area contributed by atoms with E-state index in [0.717, 1.165) is 18.5 Å². The number of hydrogen-bond donors (Lipinski definition) is 3. The van der Waals surface area contributed by atoms with E-state index < -0.39 is 0 Å². The third-order valence-electron chi connectivity index (χ3n) is 3.21. The summed E-state index contributed by atoms with van der Waals surface area (Å²) in [6.45, 7) is 0. The van der Waals surface area contributed by atoms with Crippen LogP contribution in [0.4, 0.5) is 17.3 Å². The van der Waals surface area contributed by atoms with Gasteiger partial charge in [-0.3, -0.25) is 4.79 Å². The zero-order chi connectivity index (χ0) is 9.92. The summed E-state index contributed by atoms with van der Waals surface area (Å²) in [5.41, 5.74) is 6.34. The topological polar surface area (TPSA) is 74.2 Å². The van der Waals surface area contributed by atoms with Crippen LogP contribution in [0.15, 0.2) is 6.07 Å². The van der Waals surface area contributed by atoms with Crippen LogP contribution in [-0.2, 0) is 4.79 Å². The second kappa shape index (κ2) is 2.05. The van der Waals surface area contributed by atoms with Gasteiger partial charge < -0.3 is 20.9 Å². The Morgan fingerprint density at radius 3 is 2.93 bits per heavy atom. The van der Waals surface area contributed by atoms with Crippen LogP contribution in [0.25, 0.3) is 0 Å². The van der Waals surface area contributed by atoms with E-state index in [-0.39, 0.29) is 11.4 Å². The number of amides is 1. The van der Waals surface area contributed by atoms with Crippen LogP contribution in [0.5, 0.6) is 0 Å². The lowest BCUT2D eigenvalue weighted by Crippen LogP contribution is -2.48. The largest absolute Gasteiger partial charge is 0.385 e. The summed E-state index contributed by atoms with van der Waals surface area (Å²) in [5, 5.41) is 2.85. The highest BCUT2D eigenvalue weighted by molar-refractivity contribution is 6.08. The number of hydrogen-bond acceptors (Lipinski definition) is 3. The van der Waals surface area contributed by atoms with Crippen LogP contribution in [0.1, 0.15) is 12.8 Å². The highest BCUT2D eigenvalue weighted by Gasteiger charge is 2.56. The summed E-state index contributed by atoms with van der Waals surface area (Å²) < 4.78 is 0. The molecule has 3 rings (SSSR count). The number of nitrogens with one attached hydrogen (secondary N) is 2. The Balaban J connectivity index is 2.13. The lowest BCUT2D eigenvalue weighted by Gasteiger charge is -2.33. The van der Waals surface area contributed by atoms with E-state index >= 15 is 0 Å². The van der Waals surface area contributed by atoms with Crippen molar-refractivity contribution >= 4 is 23.2 Å². The smallest absolute Gasteiger partial charge is 0.251 e. The molecule has 1 aliphatic carbocycles. The number of carbonyl (C=O) groups excluding carboxylic acids is 1. The molecular weight excluding hydrogens is 180 g/mol. The Kier molecular flexibility index (Phi) is 1.13. The summed E-state index contributed by atoms with van der Waals surface area (Å²) in [4.78, 5) is 16.7. The molecule has 4 N–H and O–H groups in total. The van der Waals surface area contributed by atoms with Gasteiger partial charge in [-0.15, -0.1) is 0 Å². The Labute approximate surface area is 81.3 Å². The Hall–Kier alpha value is -1.65. The molecule has 1 saturated carbocycles. The number of H-pyrrole nitrogens is 1. The summed E-state index contributed by atoms with van der Waals surface area (Å²) in [5.74, 6) is 1.38. The molecule has 0 atom stereocenters. The number of likely N-dealkylation sites (N-methyl/N-ethyl adjacent to an activating group) is 1. The van der Waals surface area contributed by atoms with Crippen molar-refractivity contribution in [3.8, 4) is 0 Å². The Bertz CT molecular complexity index is 418. The number of aromatic nitrogens is 1. The van der Waals surface area contributed by atoms with Crippen molar-refractivity contribution in [1.29, 1.82) is 0 Å². The average molecular weight is 192 g/mol. The fourth-order valence-electron chi connectivity index (χ4n) is 2.12. The summed E-state index contributed by atoms with van der Waals surface area (Å²) in [6.07, 6.45) is 1.86. The first-order valence-corrected chi connectivity index (χ1v) is 4.67. The number of fused-ring (bicyclic) bond motifs is 1. The van der Waals surface area contributed by atoms with Gasteiger partial charge in [-0.05, 0) is 12.8 Å². The van der Waals surface area contributed by atoms with Gasteiger partial charge in [0.15, 0.2) is 0 Å². The minimum atomic E-state index is -0.290. The SMILES string of the molecule is CN1c2cc(N)[nH]c2NC(=O)C12CC2. The van der Waals surface area contributed by atoms with Crippen LogP contribution < -0.4 is 16.0 Å². The van der Waals surface area contributed by atoms with E-state index in [1.807, 2.05) is 18.0 Å². The van der Waals surface area contributed by atoms with Gasteiger partial charge in [0, 0.05) is 13.1 Å². The van der Waals surface area contributed by atoms with Gasteiger partial charge in [0.2, 0.25) is 0 Å². The van der Waals surface area contributed by atoms with E-state index in [2.05, 4.69) is 10.3 Å². The van der Waals surface area contributed by atoms with Gasteiger partial charge in [-0.1, -0.05) is 0 Å². The zero-order valence-corrected chi connectivity index (χ0v) is 7.92. The lowest BCUT2D eigenvalue weighted by atomic mass is 10.1. The number of carbonyl (C=O) groups is 1. The third kappa shape index (κ3) is 0.724. The van der Waals surface area contributed by atoms with E-state index in [1.54, 1.807) is 0 Å². The molecule has 1 amide bonds. The lowest BCUT2D eigenvalue weighted by molar-refractivity contribution is -0.118. The van der Waals surface area contributed by atoms with Crippen LogP contribution in [0, 0.1) is 0 Å². The molecule has 0 radical (unpaired) electrons. The van der Waals surface area contributed by atoms with Gasteiger partial charge >= 0.3 is 0 Å². The number of nitrogens with two attached hydrogens (primary N) is 1. The molecule has 14 heavy (non-hydrogen) atoms. The highest BCUT2D eigenvalue weighted by Crippen LogP contribution is 2.49. The maximum Gasteiger partial charge on any atom is 0.251 e. The third-order valence-corrected chi connectivity index (χ3v) is 3.21. The van der Waals surface area contributed by atoms with Gasteiger partial charge in [-0.25, -0.2) is 0 Å². The molecule has 5 nitrogen and oxygen atoms in total. The molecule has 0 unspecified atom stereocenters. The normalized spacial score (nSPS) is 22.1. The minimum absolute atomic E-state index is 0.0781. The fraction of sp³-hybridized carbons (Fsp3) is 0.444. The van der Waals surface area contributed by atoms with Crippen molar-refractivity contribution in [2.24, 2.45) is 0 Å². The van der Waals surface area contributed by atoms with Gasteiger partial charge in [0.1, 0.15) is 17.2 Å². The molecule has 0 bridgehead atoms. The van der Waals surface area contributed by atoms with Crippen molar-refractivity contribution in [1.82, 2.24) is 4.98 Å². The first-order valence-electron chi connectivity index (χ1n) is 4.67. The Morgan fingerprint density at radius 2 is 2.29 bits per heavy atom. The van der Waals surface area contributed by atoms with Crippen LogP contribution >= 0.6 is 0 Å². The summed E-state index contributed by atoms with van der Waals surface area (Å²) >= 11 is 0. The molecule has 1 aromatic heterocycles. The molecule has 0 saturated heterocycles. The molecule has 1 spiro atoms. The molecule has 1 fully saturated rings. The van der Waals surface area contributed by atoms with Crippen molar-refractivity contribution in [3.05, 3.63) is 6.07 Å². The second-order valence-electron chi connectivity index (χ2n) is 4.03. The van der Waals surface area contributed by atoms with E-state index in [0.29, 0.717) is 11.6 Å². The number of rotatable bonds is 0. The molecule has 74 valence electrons. The van der Waals surface area contributed by atoms with Crippen molar-refractivity contribution in [3.63, 3.8) is 0 Å². The van der Waals surface area contributed by atoms with E-state index in [9.17, 15) is 4.79 Å². The minimum Gasteiger partial charge on any atom is -0.385 e. The predicted octanol–water partition coefficient (Wildman–Crippen LogP) is 0.518. The highest BCUT2D eigenvalue weighted by atomic mass is 16.2. The second-order valence-corrected chi connectivity index (χ2v) is 4.03. The van der Waals surface area contributed by atoms with Crippen molar-refractivity contribution in [2.75, 3.05) is 23.0 Å². The molecule has 5 heteroatoms. The molecule has 1 aliphatic heterocycles. The van der Waals surface area contributed by atoms with E-state index in [1.165, 1.54) is 0 Å². The summed E-state index contributed by atoms with van der Waals surface area (Å²) in [6, 6.07) is 1.86. The average Bonchev–Trinajstić information content (AvgIpc) is 2.84. The van der Waals surface area contributed by atoms with Crippen molar-refractivity contribution in [2.45, 2.75) is 18.4 Å². The molecule has 2 aliphatic rings. The monoisotopic (exact) mass is 192 g/mol. The van der Waals surface area contributed by atoms with Crippen molar-refractivity contribution < 1.29 is 4.79 Å². The molecule has 2 heterocycles. The van der Waals surface area contributed by atoms with Gasteiger partial charge in [-0.2, -0.15) is 0 Å². The maximum atomic E-state index is 11.7. The standard InChI is InChI=1S/C9H12N4O/c1-13-5-4-6(10)11-7(5)12-8(14)9(13)2-3-9/h4,11H,2-3,10H2,1H3,(H,12,14). The number of anilines is 3. The van der Waals surface area contributed by atoms with Gasteiger partial charge in [0.25, 0.3) is 5.91 Å². The number of nitrogen functional groups attached to an aromatic ring is 1. The van der Waals surface area contributed by atoms with Crippen LogP contribution in [0.2, 0.25) is 0 Å². The molecule has 0 aromatic carbocycles. The van der Waals surface area contributed by atoms with Crippen LogP contribution in [-0.4, -0.2) is 23.5 Å². The first-order chi connectivity index (χ1) is 6.63. The number of nitrogens with zero attached hydrogens (tertiary/aromatic N) is 1.